The highest BCUT2D eigenvalue weighted by atomic mass is 16.6. The van der Waals surface area contributed by atoms with Crippen LogP contribution in [-0.4, -0.2) is 93.7 Å². The molecule has 3 amide bonds. The fourth-order valence-electron chi connectivity index (χ4n) is 6.07. The van der Waals surface area contributed by atoms with Crippen LogP contribution in [0.3, 0.4) is 0 Å². The lowest BCUT2D eigenvalue weighted by molar-refractivity contribution is -0.160. The summed E-state index contributed by atoms with van der Waals surface area (Å²) in [6.07, 6.45) is 3.94. The van der Waals surface area contributed by atoms with Crippen molar-refractivity contribution in [2.24, 2.45) is 11.8 Å². The van der Waals surface area contributed by atoms with Gasteiger partial charge in [0.05, 0.1) is 37.1 Å². The minimum Gasteiger partial charge on any atom is -0.460 e. The van der Waals surface area contributed by atoms with Crippen molar-refractivity contribution in [1.29, 1.82) is 0 Å². The highest BCUT2D eigenvalue weighted by Gasteiger charge is 2.75. The van der Waals surface area contributed by atoms with Crippen LogP contribution in [0.4, 0.5) is 0 Å². The quantitative estimate of drug-likeness (QED) is 0.288. The lowest BCUT2D eigenvalue weighted by Gasteiger charge is -2.43. The average Bonchev–Trinajstić information content (AvgIpc) is 3.50. The van der Waals surface area contributed by atoms with Crippen LogP contribution in [0.1, 0.15) is 60.3 Å². The van der Waals surface area contributed by atoms with E-state index in [4.69, 9.17) is 9.47 Å². The highest BCUT2D eigenvalue weighted by Crippen LogP contribution is 2.59. The fourth-order valence-corrected chi connectivity index (χ4v) is 6.07. The van der Waals surface area contributed by atoms with Gasteiger partial charge in [-0.3, -0.25) is 19.2 Å². The zero-order valence-electron chi connectivity index (χ0n) is 23.3. The lowest BCUT2D eigenvalue weighted by Crippen LogP contribution is -2.61. The zero-order valence-corrected chi connectivity index (χ0v) is 23.3. The van der Waals surface area contributed by atoms with E-state index < -0.39 is 53.2 Å². The van der Waals surface area contributed by atoms with Crippen molar-refractivity contribution in [3.05, 3.63) is 25.3 Å². The number of esters is 1. The number of nitrogens with one attached hydrogen (secondary N) is 1. The maximum absolute atomic E-state index is 14.1. The second-order valence-corrected chi connectivity index (χ2v) is 11.6. The Hall–Kier alpha value is -2.72. The maximum Gasteiger partial charge on any atom is 0.312 e. The monoisotopic (exact) mass is 533 g/mol. The molecule has 3 aliphatic rings. The SMILES string of the molecule is C=CCCC(=O)NC[C@H](C)OC(=O)[C@@H]1[C@@H]2CC[C@]3(O2)[C@H](C(=O)N(CC=C)C(C)(C)C)N([C@H](C)CO)C(=O)[C@@H]13. The molecule has 3 aliphatic heterocycles. The molecule has 3 heterocycles. The molecule has 3 rings (SSSR count). The predicted molar refractivity (Wildman–Crippen MR) is 141 cm³/mol. The van der Waals surface area contributed by atoms with Gasteiger partial charge in [-0.25, -0.2) is 0 Å². The van der Waals surface area contributed by atoms with E-state index in [1.807, 2.05) is 20.8 Å². The van der Waals surface area contributed by atoms with Crippen molar-refractivity contribution in [2.45, 2.75) is 95.7 Å². The molecule has 38 heavy (non-hydrogen) atoms. The third kappa shape index (κ3) is 5.38. The molecule has 0 aliphatic carbocycles. The van der Waals surface area contributed by atoms with Gasteiger partial charge in [0.1, 0.15) is 17.7 Å². The first kappa shape index (κ1) is 29.8. The first-order valence-electron chi connectivity index (χ1n) is 13.4. The smallest absolute Gasteiger partial charge is 0.312 e. The first-order valence-corrected chi connectivity index (χ1v) is 13.4. The molecule has 3 fully saturated rings. The Labute approximate surface area is 225 Å². The predicted octanol–water partition coefficient (Wildman–Crippen LogP) is 1.57. The van der Waals surface area contributed by atoms with E-state index in [1.165, 1.54) is 4.90 Å². The number of aliphatic hydroxyl groups excluding tert-OH is 1. The molecule has 0 aromatic heterocycles. The molecule has 1 spiro atoms. The van der Waals surface area contributed by atoms with Crippen molar-refractivity contribution < 1.29 is 33.8 Å². The number of likely N-dealkylation sites (tertiary alicyclic amines) is 1. The van der Waals surface area contributed by atoms with E-state index in [9.17, 15) is 24.3 Å². The molecule has 0 unspecified atom stereocenters. The number of rotatable bonds is 12. The third-order valence-corrected chi connectivity index (χ3v) is 7.85. The number of hydrogen-bond acceptors (Lipinski definition) is 7. The van der Waals surface area contributed by atoms with Crippen LogP contribution in [0.25, 0.3) is 0 Å². The van der Waals surface area contributed by atoms with Gasteiger partial charge in [-0.1, -0.05) is 12.2 Å². The molecule has 10 nitrogen and oxygen atoms in total. The molecular formula is C28H43N3O7. The molecule has 212 valence electrons. The second kappa shape index (κ2) is 11.6. The van der Waals surface area contributed by atoms with Crippen LogP contribution in [0.2, 0.25) is 0 Å². The normalized spacial score (nSPS) is 29.4. The summed E-state index contributed by atoms with van der Waals surface area (Å²) in [5.74, 6) is -3.18. The van der Waals surface area contributed by atoms with Crippen molar-refractivity contribution in [3.8, 4) is 0 Å². The number of allylic oxidation sites excluding steroid dienone is 1. The second-order valence-electron chi connectivity index (χ2n) is 11.6. The summed E-state index contributed by atoms with van der Waals surface area (Å²) < 4.78 is 12.1. The van der Waals surface area contributed by atoms with E-state index in [1.54, 1.807) is 30.9 Å². The van der Waals surface area contributed by atoms with E-state index in [-0.39, 0.29) is 37.4 Å². The summed E-state index contributed by atoms with van der Waals surface area (Å²) in [5, 5.41) is 12.7. The maximum atomic E-state index is 14.1. The Morgan fingerprint density at radius 2 is 1.97 bits per heavy atom. The molecule has 10 heteroatoms. The number of carbonyl (C=O) groups excluding carboxylic acids is 4. The summed E-state index contributed by atoms with van der Waals surface area (Å²) in [4.78, 5) is 56.4. The Morgan fingerprint density at radius 3 is 2.55 bits per heavy atom. The van der Waals surface area contributed by atoms with E-state index in [0.717, 1.165) is 0 Å². The van der Waals surface area contributed by atoms with Crippen LogP contribution in [0.15, 0.2) is 25.3 Å². The van der Waals surface area contributed by atoms with Crippen LogP contribution < -0.4 is 5.32 Å². The van der Waals surface area contributed by atoms with Crippen LogP contribution in [0.5, 0.6) is 0 Å². The van der Waals surface area contributed by atoms with E-state index >= 15 is 0 Å². The molecule has 2 N–H and O–H groups in total. The number of nitrogens with zero attached hydrogens (tertiary/aromatic N) is 2. The molecule has 0 radical (unpaired) electrons. The van der Waals surface area contributed by atoms with E-state index in [0.29, 0.717) is 25.7 Å². The van der Waals surface area contributed by atoms with Crippen molar-refractivity contribution >= 4 is 23.7 Å². The Balaban J connectivity index is 1.87. The van der Waals surface area contributed by atoms with Crippen molar-refractivity contribution in [3.63, 3.8) is 0 Å². The minimum absolute atomic E-state index is 0.139. The molecular weight excluding hydrogens is 490 g/mol. The molecule has 7 atom stereocenters. The van der Waals surface area contributed by atoms with Gasteiger partial charge in [-0.05, 0) is 53.9 Å². The molecule has 0 aromatic rings. The van der Waals surface area contributed by atoms with Crippen molar-refractivity contribution in [2.75, 3.05) is 19.7 Å². The zero-order chi connectivity index (χ0) is 28.4. The number of ether oxygens (including phenoxy) is 2. The van der Waals surface area contributed by atoms with Crippen LogP contribution >= 0.6 is 0 Å². The average molecular weight is 534 g/mol. The summed E-state index contributed by atoms with van der Waals surface area (Å²) in [5.41, 5.74) is -1.74. The third-order valence-electron chi connectivity index (χ3n) is 7.85. The first-order chi connectivity index (χ1) is 17.8. The summed E-state index contributed by atoms with van der Waals surface area (Å²) in [6, 6.07) is -1.63. The Kier molecular flexibility index (Phi) is 9.08. The van der Waals surface area contributed by atoms with Gasteiger partial charge in [0.15, 0.2) is 0 Å². The highest BCUT2D eigenvalue weighted by molar-refractivity contribution is 5.98. The standard InChI is InChI=1S/C28H43N3O7/c1-8-10-11-20(33)29-15-18(4)37-26(36)21-19-12-13-28(38-19)22(21)24(34)31(17(3)16-32)23(28)25(35)30(14-9-2)27(5,6)7/h8-9,17-19,21-23,32H,1-2,10-16H2,3-7H3,(H,29,33)/t17-,18+,19+,21-,22-,23+,28-/m1/s1. The van der Waals surface area contributed by atoms with Gasteiger partial charge in [0, 0.05) is 18.5 Å². The van der Waals surface area contributed by atoms with Gasteiger partial charge in [-0.15, -0.1) is 13.2 Å². The number of amides is 3. The molecule has 0 saturated carbocycles. The van der Waals surface area contributed by atoms with Crippen LogP contribution in [-0.2, 0) is 28.7 Å². The van der Waals surface area contributed by atoms with E-state index in [2.05, 4.69) is 18.5 Å². The van der Waals surface area contributed by atoms with Gasteiger partial charge >= 0.3 is 5.97 Å². The lowest BCUT2D eigenvalue weighted by atomic mass is 9.70. The molecule has 0 aromatic carbocycles. The Bertz CT molecular complexity index is 961. The molecule has 2 bridgehead atoms. The Morgan fingerprint density at radius 1 is 1.29 bits per heavy atom. The number of hydrogen-bond donors (Lipinski definition) is 2. The summed E-state index contributed by atoms with van der Waals surface area (Å²) >= 11 is 0. The minimum atomic E-state index is -1.18. The number of aliphatic hydroxyl groups is 1. The van der Waals surface area contributed by atoms with Gasteiger partial charge in [0.25, 0.3) is 0 Å². The summed E-state index contributed by atoms with van der Waals surface area (Å²) in [7, 11) is 0. The van der Waals surface area contributed by atoms with Gasteiger partial charge in [-0.2, -0.15) is 0 Å². The van der Waals surface area contributed by atoms with Crippen molar-refractivity contribution in [1.82, 2.24) is 15.1 Å². The fraction of sp³-hybridized carbons (Fsp3) is 0.714. The number of fused-ring (bicyclic) bond motifs is 1. The van der Waals surface area contributed by atoms with Gasteiger partial charge < -0.3 is 29.7 Å². The van der Waals surface area contributed by atoms with Crippen LogP contribution in [0, 0.1) is 11.8 Å². The number of carbonyl (C=O) groups is 4. The largest absolute Gasteiger partial charge is 0.460 e. The molecule has 3 saturated heterocycles. The topological polar surface area (TPSA) is 125 Å². The summed E-state index contributed by atoms with van der Waals surface area (Å²) in [6.45, 7) is 16.5. The van der Waals surface area contributed by atoms with Gasteiger partial charge in [0.2, 0.25) is 17.7 Å².